The highest BCUT2D eigenvalue weighted by molar-refractivity contribution is 6.31. The van der Waals surface area contributed by atoms with Gasteiger partial charge in [-0.1, -0.05) is 18.5 Å². The fourth-order valence-electron chi connectivity index (χ4n) is 2.33. The minimum absolute atomic E-state index is 0.228. The predicted octanol–water partition coefficient (Wildman–Crippen LogP) is 4.55. The summed E-state index contributed by atoms with van der Waals surface area (Å²) in [7, 11) is 0. The highest BCUT2D eigenvalue weighted by Crippen LogP contribution is 2.28. The molecule has 0 aliphatic carbocycles. The van der Waals surface area contributed by atoms with Crippen molar-refractivity contribution in [1.29, 1.82) is 0 Å². The molecule has 1 aromatic heterocycles. The van der Waals surface area contributed by atoms with Crippen LogP contribution in [-0.2, 0) is 4.74 Å². The van der Waals surface area contributed by atoms with Gasteiger partial charge in [0, 0.05) is 23.6 Å². The van der Waals surface area contributed by atoms with E-state index >= 15 is 0 Å². The molecule has 1 N–H and O–H groups in total. The van der Waals surface area contributed by atoms with Crippen molar-refractivity contribution in [3.63, 3.8) is 0 Å². The third-order valence-corrected chi connectivity index (χ3v) is 3.51. The maximum absolute atomic E-state index is 6.01. The fourth-order valence-corrected chi connectivity index (χ4v) is 2.51. The topological polar surface area (TPSA) is 34.4 Å². The van der Waals surface area contributed by atoms with Gasteiger partial charge in [0.15, 0.2) is 0 Å². The van der Waals surface area contributed by atoms with E-state index in [4.69, 9.17) is 20.8 Å². The van der Waals surface area contributed by atoms with Crippen molar-refractivity contribution in [3.05, 3.63) is 35.0 Å². The normalized spacial score (nSPS) is 12.9. The summed E-state index contributed by atoms with van der Waals surface area (Å²) in [4.78, 5) is 0. The number of nitrogens with one attached hydrogen (secondary N) is 1. The third kappa shape index (κ3) is 3.98. The number of fused-ring (bicyclic) bond motifs is 1. The summed E-state index contributed by atoms with van der Waals surface area (Å²) in [5, 5.41) is 5.26. The number of benzene rings is 1. The molecule has 0 aliphatic rings. The molecule has 1 heterocycles. The van der Waals surface area contributed by atoms with Crippen LogP contribution < -0.4 is 5.32 Å². The molecule has 0 spiro atoms. The number of hydrogen-bond acceptors (Lipinski definition) is 3. The van der Waals surface area contributed by atoms with Gasteiger partial charge in [0.1, 0.15) is 11.3 Å². The second-order valence-corrected chi connectivity index (χ2v) is 5.22. The molecule has 2 aromatic rings. The SMILES string of the molecule is CCNC(CCCOCC)c1cc2cc(Cl)ccc2o1. The first-order valence-corrected chi connectivity index (χ1v) is 7.62. The van der Waals surface area contributed by atoms with Crippen LogP contribution in [0, 0.1) is 0 Å². The van der Waals surface area contributed by atoms with Gasteiger partial charge >= 0.3 is 0 Å². The van der Waals surface area contributed by atoms with E-state index in [9.17, 15) is 0 Å². The molecular weight excluding hydrogens is 274 g/mol. The van der Waals surface area contributed by atoms with Crippen molar-refractivity contribution in [2.24, 2.45) is 0 Å². The Hall–Kier alpha value is -1.03. The van der Waals surface area contributed by atoms with E-state index in [0.717, 1.165) is 54.4 Å². The molecule has 1 aromatic carbocycles. The van der Waals surface area contributed by atoms with Gasteiger partial charge in [-0.15, -0.1) is 0 Å². The zero-order chi connectivity index (χ0) is 14.4. The molecule has 1 unspecified atom stereocenters. The first kappa shape index (κ1) is 15.4. The molecular formula is C16H22ClNO2. The zero-order valence-corrected chi connectivity index (χ0v) is 12.9. The van der Waals surface area contributed by atoms with Crippen LogP contribution in [0.3, 0.4) is 0 Å². The number of furan rings is 1. The Bertz CT molecular complexity index is 538. The molecule has 1 atom stereocenters. The van der Waals surface area contributed by atoms with Crippen LogP contribution in [0.5, 0.6) is 0 Å². The molecule has 0 aliphatic heterocycles. The van der Waals surface area contributed by atoms with E-state index < -0.39 is 0 Å². The van der Waals surface area contributed by atoms with Crippen LogP contribution in [0.2, 0.25) is 5.02 Å². The zero-order valence-electron chi connectivity index (χ0n) is 12.1. The number of rotatable bonds is 8. The van der Waals surface area contributed by atoms with Crippen LogP contribution >= 0.6 is 11.6 Å². The van der Waals surface area contributed by atoms with Crippen molar-refractivity contribution >= 4 is 22.6 Å². The highest BCUT2D eigenvalue weighted by Gasteiger charge is 2.15. The van der Waals surface area contributed by atoms with Gasteiger partial charge < -0.3 is 14.5 Å². The van der Waals surface area contributed by atoms with Crippen LogP contribution in [0.1, 0.15) is 38.5 Å². The van der Waals surface area contributed by atoms with Crippen LogP contribution in [0.4, 0.5) is 0 Å². The Morgan fingerprint density at radius 3 is 2.90 bits per heavy atom. The Morgan fingerprint density at radius 2 is 2.15 bits per heavy atom. The number of hydrogen-bond donors (Lipinski definition) is 1. The Morgan fingerprint density at radius 1 is 1.30 bits per heavy atom. The Labute approximate surface area is 125 Å². The van der Waals surface area contributed by atoms with E-state index in [2.05, 4.69) is 18.3 Å². The molecule has 0 saturated heterocycles. The molecule has 2 rings (SSSR count). The lowest BCUT2D eigenvalue weighted by Crippen LogP contribution is -2.20. The lowest BCUT2D eigenvalue weighted by Gasteiger charge is -2.15. The lowest BCUT2D eigenvalue weighted by atomic mass is 10.1. The van der Waals surface area contributed by atoms with Crippen molar-refractivity contribution < 1.29 is 9.15 Å². The minimum atomic E-state index is 0.228. The lowest BCUT2D eigenvalue weighted by molar-refractivity contribution is 0.140. The summed E-state index contributed by atoms with van der Waals surface area (Å²) in [6, 6.07) is 8.02. The van der Waals surface area contributed by atoms with Crippen molar-refractivity contribution in [1.82, 2.24) is 5.32 Å². The molecule has 0 fully saturated rings. The summed E-state index contributed by atoms with van der Waals surface area (Å²) >= 11 is 6.01. The summed E-state index contributed by atoms with van der Waals surface area (Å²) in [5.74, 6) is 0.973. The molecule has 3 nitrogen and oxygen atoms in total. The number of ether oxygens (including phenoxy) is 1. The Kier molecular flexibility index (Phi) is 5.89. The molecule has 110 valence electrons. The van der Waals surface area contributed by atoms with Gasteiger partial charge in [-0.2, -0.15) is 0 Å². The number of halogens is 1. The molecule has 0 amide bonds. The first-order chi connectivity index (χ1) is 9.74. The summed E-state index contributed by atoms with van der Waals surface area (Å²) in [5.41, 5.74) is 0.886. The summed E-state index contributed by atoms with van der Waals surface area (Å²) < 4.78 is 11.3. The Balaban J connectivity index is 2.09. The van der Waals surface area contributed by atoms with Gasteiger partial charge in [0.25, 0.3) is 0 Å². The average Bonchev–Trinajstić information content (AvgIpc) is 2.85. The highest BCUT2D eigenvalue weighted by atomic mass is 35.5. The van der Waals surface area contributed by atoms with E-state index in [-0.39, 0.29) is 6.04 Å². The summed E-state index contributed by atoms with van der Waals surface area (Å²) in [6.45, 7) is 6.61. The van der Waals surface area contributed by atoms with Crippen LogP contribution in [0.15, 0.2) is 28.7 Å². The maximum atomic E-state index is 6.01. The monoisotopic (exact) mass is 295 g/mol. The van der Waals surface area contributed by atoms with E-state index in [1.807, 2.05) is 25.1 Å². The smallest absolute Gasteiger partial charge is 0.134 e. The average molecular weight is 296 g/mol. The quantitative estimate of drug-likeness (QED) is 0.725. The van der Waals surface area contributed by atoms with Gasteiger partial charge in [-0.3, -0.25) is 0 Å². The maximum Gasteiger partial charge on any atom is 0.134 e. The predicted molar refractivity (Wildman–Crippen MR) is 83.4 cm³/mol. The molecule has 20 heavy (non-hydrogen) atoms. The largest absolute Gasteiger partial charge is 0.459 e. The summed E-state index contributed by atoms with van der Waals surface area (Å²) in [6.07, 6.45) is 2.02. The van der Waals surface area contributed by atoms with Gasteiger partial charge in [-0.25, -0.2) is 0 Å². The second-order valence-electron chi connectivity index (χ2n) is 4.78. The van der Waals surface area contributed by atoms with E-state index in [0.29, 0.717) is 0 Å². The third-order valence-electron chi connectivity index (χ3n) is 3.28. The van der Waals surface area contributed by atoms with Gasteiger partial charge in [0.2, 0.25) is 0 Å². The molecule has 0 radical (unpaired) electrons. The van der Waals surface area contributed by atoms with Crippen LogP contribution in [0.25, 0.3) is 11.0 Å². The molecule has 0 saturated carbocycles. The molecule has 4 heteroatoms. The van der Waals surface area contributed by atoms with E-state index in [1.165, 1.54) is 0 Å². The van der Waals surface area contributed by atoms with Crippen LogP contribution in [-0.4, -0.2) is 19.8 Å². The minimum Gasteiger partial charge on any atom is -0.459 e. The van der Waals surface area contributed by atoms with Crippen molar-refractivity contribution in [3.8, 4) is 0 Å². The van der Waals surface area contributed by atoms with Gasteiger partial charge in [0.05, 0.1) is 6.04 Å². The standard InChI is InChI=1S/C16H22ClNO2/c1-3-18-14(6-5-9-19-4-2)16-11-12-10-13(17)7-8-15(12)20-16/h7-8,10-11,14,18H,3-6,9H2,1-2H3. The van der Waals surface area contributed by atoms with E-state index in [1.54, 1.807) is 0 Å². The fraction of sp³-hybridized carbons (Fsp3) is 0.500. The first-order valence-electron chi connectivity index (χ1n) is 7.24. The van der Waals surface area contributed by atoms with Crippen molar-refractivity contribution in [2.75, 3.05) is 19.8 Å². The van der Waals surface area contributed by atoms with Crippen molar-refractivity contribution in [2.45, 2.75) is 32.7 Å². The second kappa shape index (κ2) is 7.67. The molecule has 0 bridgehead atoms. The van der Waals surface area contributed by atoms with Gasteiger partial charge in [-0.05, 0) is 50.6 Å².